The number of hydrogen-bond acceptors (Lipinski definition) is 5. The molecule has 0 aliphatic rings. The summed E-state index contributed by atoms with van der Waals surface area (Å²) < 4.78 is 5.05. The van der Waals surface area contributed by atoms with E-state index in [9.17, 15) is 4.79 Å². The summed E-state index contributed by atoms with van der Waals surface area (Å²) >= 11 is 1.33. The number of aromatic nitrogens is 2. The van der Waals surface area contributed by atoms with Crippen molar-refractivity contribution >= 4 is 22.4 Å². The second-order valence-electron chi connectivity index (χ2n) is 6.17. The fourth-order valence-corrected chi connectivity index (χ4v) is 2.81. The maximum Gasteiger partial charge on any atom is 0.293 e. The largest absolute Gasteiger partial charge is 0.459 e. The van der Waals surface area contributed by atoms with E-state index in [2.05, 4.69) is 48.4 Å². The van der Waals surface area contributed by atoms with Crippen molar-refractivity contribution < 1.29 is 9.21 Å². The van der Waals surface area contributed by atoms with Gasteiger partial charge in [0.05, 0.1) is 6.26 Å². The molecule has 0 aliphatic heterocycles. The summed E-state index contributed by atoms with van der Waals surface area (Å²) in [5, 5.41) is 12.0. The van der Waals surface area contributed by atoms with Crippen molar-refractivity contribution in [2.75, 3.05) is 5.32 Å². The standard InChI is InChI=1S/C17H17N3O2S/c1-17(2,3)12-8-6-11(7-9-12)15-19-20-16(23-15)18-14(21)13-5-4-10-22-13/h4-10H,1-3H3,(H,18,20,21). The van der Waals surface area contributed by atoms with Crippen LogP contribution in [-0.4, -0.2) is 16.1 Å². The highest BCUT2D eigenvalue weighted by Crippen LogP contribution is 2.29. The Labute approximate surface area is 138 Å². The Hall–Kier alpha value is -2.47. The van der Waals surface area contributed by atoms with Crippen molar-refractivity contribution in [1.29, 1.82) is 0 Å². The van der Waals surface area contributed by atoms with Crippen LogP contribution in [0.3, 0.4) is 0 Å². The molecular weight excluding hydrogens is 310 g/mol. The van der Waals surface area contributed by atoms with Gasteiger partial charge in [0.15, 0.2) is 5.76 Å². The van der Waals surface area contributed by atoms with Crippen molar-refractivity contribution in [3.8, 4) is 10.6 Å². The molecule has 5 nitrogen and oxygen atoms in total. The predicted molar refractivity (Wildman–Crippen MR) is 90.7 cm³/mol. The predicted octanol–water partition coefficient (Wildman–Crippen LogP) is 4.35. The molecule has 0 radical (unpaired) electrons. The molecule has 0 aliphatic carbocycles. The lowest BCUT2D eigenvalue weighted by molar-refractivity contribution is 0.0996. The molecule has 2 aromatic heterocycles. The maximum absolute atomic E-state index is 11.9. The van der Waals surface area contributed by atoms with Crippen molar-refractivity contribution in [3.05, 3.63) is 54.0 Å². The Balaban J connectivity index is 1.75. The van der Waals surface area contributed by atoms with Gasteiger partial charge in [-0.05, 0) is 23.1 Å². The van der Waals surface area contributed by atoms with Gasteiger partial charge in [0.1, 0.15) is 5.01 Å². The first kappa shape index (κ1) is 15.4. The van der Waals surface area contributed by atoms with Gasteiger partial charge in [0.25, 0.3) is 5.91 Å². The molecule has 0 spiro atoms. The lowest BCUT2D eigenvalue weighted by atomic mass is 9.87. The van der Waals surface area contributed by atoms with Crippen LogP contribution >= 0.6 is 11.3 Å². The Bertz CT molecular complexity index is 799. The van der Waals surface area contributed by atoms with Crippen molar-refractivity contribution in [3.63, 3.8) is 0 Å². The topological polar surface area (TPSA) is 68.0 Å². The van der Waals surface area contributed by atoms with Gasteiger partial charge in [-0.15, -0.1) is 10.2 Å². The number of carbonyl (C=O) groups is 1. The van der Waals surface area contributed by atoms with E-state index < -0.39 is 0 Å². The Morgan fingerprint density at radius 1 is 1.13 bits per heavy atom. The number of nitrogens with one attached hydrogen (secondary N) is 1. The van der Waals surface area contributed by atoms with Gasteiger partial charge in [-0.1, -0.05) is 56.4 Å². The minimum absolute atomic E-state index is 0.113. The van der Waals surface area contributed by atoms with Gasteiger partial charge in [-0.3, -0.25) is 10.1 Å². The van der Waals surface area contributed by atoms with E-state index in [0.29, 0.717) is 5.13 Å². The van der Waals surface area contributed by atoms with Gasteiger partial charge >= 0.3 is 0 Å². The third-order valence-corrected chi connectivity index (χ3v) is 4.28. The number of benzene rings is 1. The minimum atomic E-state index is -0.333. The molecule has 0 saturated heterocycles. The first-order valence-electron chi connectivity index (χ1n) is 7.23. The van der Waals surface area contributed by atoms with Gasteiger partial charge in [0, 0.05) is 5.56 Å². The van der Waals surface area contributed by atoms with Gasteiger partial charge in [0.2, 0.25) is 5.13 Å². The van der Waals surface area contributed by atoms with E-state index in [-0.39, 0.29) is 17.1 Å². The first-order valence-corrected chi connectivity index (χ1v) is 8.04. The summed E-state index contributed by atoms with van der Waals surface area (Å²) in [6, 6.07) is 11.5. The van der Waals surface area contributed by atoms with E-state index in [1.807, 2.05) is 12.1 Å². The minimum Gasteiger partial charge on any atom is -0.459 e. The van der Waals surface area contributed by atoms with Crippen LogP contribution < -0.4 is 5.32 Å². The molecule has 118 valence electrons. The molecule has 23 heavy (non-hydrogen) atoms. The zero-order chi connectivity index (χ0) is 16.4. The zero-order valence-corrected chi connectivity index (χ0v) is 14.0. The molecule has 0 fully saturated rings. The van der Waals surface area contributed by atoms with Crippen LogP contribution in [-0.2, 0) is 5.41 Å². The van der Waals surface area contributed by atoms with Crippen LogP contribution in [0, 0.1) is 0 Å². The molecule has 2 heterocycles. The maximum atomic E-state index is 11.9. The number of anilines is 1. The van der Waals surface area contributed by atoms with E-state index in [0.717, 1.165) is 10.6 Å². The lowest BCUT2D eigenvalue weighted by Crippen LogP contribution is -2.10. The van der Waals surface area contributed by atoms with Crippen LogP contribution in [0.25, 0.3) is 10.6 Å². The smallest absolute Gasteiger partial charge is 0.293 e. The van der Waals surface area contributed by atoms with E-state index >= 15 is 0 Å². The summed E-state index contributed by atoms with van der Waals surface area (Å²) in [5.74, 6) is -0.0861. The summed E-state index contributed by atoms with van der Waals surface area (Å²) in [7, 11) is 0. The Morgan fingerprint density at radius 3 is 2.48 bits per heavy atom. The molecule has 0 atom stereocenters. The molecule has 0 bridgehead atoms. The Morgan fingerprint density at radius 2 is 1.87 bits per heavy atom. The molecule has 3 rings (SSSR count). The second-order valence-corrected chi connectivity index (χ2v) is 7.15. The van der Waals surface area contributed by atoms with Crippen LogP contribution in [0.1, 0.15) is 36.9 Å². The SMILES string of the molecule is CC(C)(C)c1ccc(-c2nnc(NC(=O)c3ccco3)s2)cc1. The number of rotatable bonds is 3. The second kappa shape index (κ2) is 5.96. The van der Waals surface area contributed by atoms with Crippen LogP contribution in [0.4, 0.5) is 5.13 Å². The third kappa shape index (κ3) is 3.48. The summed E-state index contributed by atoms with van der Waals surface area (Å²) in [6.45, 7) is 6.53. The molecule has 6 heteroatoms. The number of amides is 1. The average Bonchev–Trinajstić information content (AvgIpc) is 3.18. The van der Waals surface area contributed by atoms with E-state index in [1.54, 1.807) is 12.1 Å². The molecule has 0 saturated carbocycles. The van der Waals surface area contributed by atoms with Crippen LogP contribution in [0.15, 0.2) is 47.1 Å². The van der Waals surface area contributed by atoms with Crippen molar-refractivity contribution in [1.82, 2.24) is 10.2 Å². The number of nitrogens with zero attached hydrogens (tertiary/aromatic N) is 2. The van der Waals surface area contributed by atoms with Gasteiger partial charge in [-0.25, -0.2) is 0 Å². The molecule has 1 aromatic carbocycles. The van der Waals surface area contributed by atoms with E-state index in [4.69, 9.17) is 4.42 Å². The normalized spacial score (nSPS) is 11.4. The van der Waals surface area contributed by atoms with Gasteiger partial charge < -0.3 is 4.42 Å². The highest BCUT2D eigenvalue weighted by Gasteiger charge is 2.15. The monoisotopic (exact) mass is 327 g/mol. The van der Waals surface area contributed by atoms with Crippen molar-refractivity contribution in [2.24, 2.45) is 0 Å². The molecule has 1 N–H and O–H groups in total. The highest BCUT2D eigenvalue weighted by atomic mass is 32.1. The summed E-state index contributed by atoms with van der Waals surface area (Å²) in [4.78, 5) is 11.9. The zero-order valence-electron chi connectivity index (χ0n) is 13.2. The molecule has 0 unspecified atom stereocenters. The summed E-state index contributed by atoms with van der Waals surface area (Å²) in [5.41, 5.74) is 2.35. The number of carbonyl (C=O) groups excluding carboxylic acids is 1. The van der Waals surface area contributed by atoms with Gasteiger partial charge in [-0.2, -0.15) is 0 Å². The van der Waals surface area contributed by atoms with Crippen molar-refractivity contribution in [2.45, 2.75) is 26.2 Å². The fraction of sp³-hybridized carbons (Fsp3) is 0.235. The third-order valence-electron chi connectivity index (χ3n) is 3.39. The summed E-state index contributed by atoms with van der Waals surface area (Å²) in [6.07, 6.45) is 1.46. The quantitative estimate of drug-likeness (QED) is 0.776. The fourth-order valence-electron chi connectivity index (χ4n) is 2.07. The number of hydrogen-bond donors (Lipinski definition) is 1. The Kier molecular flexibility index (Phi) is 4.00. The molecular formula is C17H17N3O2S. The molecule has 3 aromatic rings. The van der Waals surface area contributed by atoms with Crippen LogP contribution in [0.5, 0.6) is 0 Å². The molecule has 1 amide bonds. The average molecular weight is 327 g/mol. The van der Waals surface area contributed by atoms with E-state index in [1.165, 1.54) is 23.2 Å². The number of furan rings is 1. The van der Waals surface area contributed by atoms with Crippen LogP contribution in [0.2, 0.25) is 0 Å². The first-order chi connectivity index (χ1) is 10.9. The highest BCUT2D eigenvalue weighted by molar-refractivity contribution is 7.18. The lowest BCUT2D eigenvalue weighted by Gasteiger charge is -2.18.